The van der Waals surface area contributed by atoms with Crippen LogP contribution in [0.15, 0.2) is 24.3 Å². The highest BCUT2D eigenvalue weighted by Gasteiger charge is 2.24. The molecular weight excluding hydrogens is 252 g/mol. The Hall–Kier alpha value is -1.55. The van der Waals surface area contributed by atoms with Crippen molar-refractivity contribution in [3.63, 3.8) is 0 Å². The van der Waals surface area contributed by atoms with Crippen LogP contribution in [0.1, 0.15) is 43.5 Å². The van der Waals surface area contributed by atoms with Crippen LogP contribution in [0.3, 0.4) is 0 Å². The molecule has 1 saturated heterocycles. The van der Waals surface area contributed by atoms with Crippen LogP contribution >= 0.6 is 0 Å². The molecule has 2 rings (SSSR count). The van der Waals surface area contributed by atoms with Crippen molar-refractivity contribution in [3.05, 3.63) is 29.8 Å². The van der Waals surface area contributed by atoms with E-state index in [9.17, 15) is 4.79 Å². The first-order valence-electron chi connectivity index (χ1n) is 7.47. The molecule has 1 aliphatic rings. The van der Waals surface area contributed by atoms with Gasteiger partial charge in [-0.15, -0.1) is 0 Å². The molecule has 0 aromatic heterocycles. The first-order chi connectivity index (χ1) is 9.72. The number of hydrogen-bond acceptors (Lipinski definition) is 3. The molecule has 1 aromatic carbocycles. The van der Waals surface area contributed by atoms with Gasteiger partial charge in [-0.05, 0) is 38.3 Å². The topological polar surface area (TPSA) is 50.4 Å². The van der Waals surface area contributed by atoms with Crippen LogP contribution in [0.4, 0.5) is 5.69 Å². The lowest BCUT2D eigenvalue weighted by Crippen LogP contribution is -2.41. The number of benzene rings is 1. The lowest BCUT2D eigenvalue weighted by molar-refractivity contribution is 0.0713. The molecule has 2 atom stereocenters. The first kappa shape index (κ1) is 14.9. The molecule has 0 radical (unpaired) electrons. The predicted octanol–water partition coefficient (Wildman–Crippen LogP) is 2.81. The highest BCUT2D eigenvalue weighted by Crippen LogP contribution is 2.18. The number of carbonyl (C=O) groups is 1. The fourth-order valence-corrected chi connectivity index (χ4v) is 2.47. The second-order valence-electron chi connectivity index (χ2n) is 5.29. The van der Waals surface area contributed by atoms with Crippen LogP contribution in [0.25, 0.3) is 0 Å². The van der Waals surface area contributed by atoms with Gasteiger partial charge in [0.25, 0.3) is 5.91 Å². The average molecular weight is 276 g/mol. The van der Waals surface area contributed by atoms with Gasteiger partial charge in [-0.25, -0.2) is 0 Å². The Labute approximate surface area is 120 Å². The summed E-state index contributed by atoms with van der Waals surface area (Å²) in [5.74, 6) is -0.0350. The van der Waals surface area contributed by atoms with Gasteiger partial charge in [0.1, 0.15) is 0 Å². The number of ether oxygens (including phenoxy) is 1. The van der Waals surface area contributed by atoms with Gasteiger partial charge in [-0.2, -0.15) is 0 Å². The molecule has 20 heavy (non-hydrogen) atoms. The monoisotopic (exact) mass is 276 g/mol. The summed E-state index contributed by atoms with van der Waals surface area (Å²) in [6.45, 7) is 5.79. The SMILES string of the molecule is CCCNc1ccccc1C(=O)NC(C)C1CCCO1. The smallest absolute Gasteiger partial charge is 0.253 e. The lowest BCUT2D eigenvalue weighted by atomic mass is 10.1. The Bertz CT molecular complexity index is 442. The molecule has 1 aliphatic heterocycles. The summed E-state index contributed by atoms with van der Waals surface area (Å²) in [7, 11) is 0. The Morgan fingerprint density at radius 2 is 2.25 bits per heavy atom. The van der Waals surface area contributed by atoms with Crippen molar-refractivity contribution in [1.29, 1.82) is 0 Å². The quantitative estimate of drug-likeness (QED) is 0.840. The van der Waals surface area contributed by atoms with E-state index < -0.39 is 0 Å². The van der Waals surface area contributed by atoms with Gasteiger partial charge >= 0.3 is 0 Å². The number of nitrogens with one attached hydrogen (secondary N) is 2. The zero-order valence-corrected chi connectivity index (χ0v) is 12.3. The number of carbonyl (C=O) groups excluding carboxylic acids is 1. The fourth-order valence-electron chi connectivity index (χ4n) is 2.47. The Morgan fingerprint density at radius 3 is 2.95 bits per heavy atom. The van der Waals surface area contributed by atoms with Gasteiger partial charge < -0.3 is 15.4 Å². The summed E-state index contributed by atoms with van der Waals surface area (Å²) >= 11 is 0. The van der Waals surface area contributed by atoms with Gasteiger partial charge in [0.05, 0.1) is 17.7 Å². The van der Waals surface area contributed by atoms with Crippen molar-refractivity contribution >= 4 is 11.6 Å². The lowest BCUT2D eigenvalue weighted by Gasteiger charge is -2.21. The first-order valence-corrected chi connectivity index (χ1v) is 7.47. The molecule has 2 N–H and O–H groups in total. The molecule has 4 nitrogen and oxygen atoms in total. The minimum atomic E-state index is -0.0350. The third-order valence-electron chi connectivity index (χ3n) is 3.62. The van der Waals surface area contributed by atoms with Gasteiger partial charge in [0.2, 0.25) is 0 Å². The summed E-state index contributed by atoms with van der Waals surface area (Å²) < 4.78 is 5.62. The maximum absolute atomic E-state index is 12.4. The van der Waals surface area contributed by atoms with Crippen LogP contribution in [-0.2, 0) is 4.74 Å². The van der Waals surface area contributed by atoms with E-state index in [1.165, 1.54) is 0 Å². The molecule has 0 aliphatic carbocycles. The predicted molar refractivity (Wildman–Crippen MR) is 81.1 cm³/mol. The van der Waals surface area contributed by atoms with Crippen LogP contribution < -0.4 is 10.6 Å². The standard InChI is InChI=1S/C16H24N2O2/c1-3-10-17-14-8-5-4-7-13(14)16(19)18-12(2)15-9-6-11-20-15/h4-5,7-8,12,15,17H,3,6,9-11H2,1-2H3,(H,18,19). The molecule has 0 saturated carbocycles. The molecule has 110 valence electrons. The molecule has 0 bridgehead atoms. The van der Waals surface area contributed by atoms with Crippen molar-refractivity contribution in [2.24, 2.45) is 0 Å². The van der Waals surface area contributed by atoms with E-state index in [0.717, 1.165) is 38.1 Å². The molecule has 4 heteroatoms. The highest BCUT2D eigenvalue weighted by molar-refractivity contribution is 5.99. The average Bonchev–Trinajstić information content (AvgIpc) is 2.99. The minimum absolute atomic E-state index is 0.0350. The molecule has 2 unspecified atom stereocenters. The van der Waals surface area contributed by atoms with E-state index in [0.29, 0.717) is 5.56 Å². The maximum Gasteiger partial charge on any atom is 0.253 e. The van der Waals surface area contributed by atoms with Crippen molar-refractivity contribution in [2.45, 2.75) is 45.3 Å². The van der Waals surface area contributed by atoms with Crippen molar-refractivity contribution in [3.8, 4) is 0 Å². The highest BCUT2D eigenvalue weighted by atomic mass is 16.5. The fraction of sp³-hybridized carbons (Fsp3) is 0.562. The molecular formula is C16H24N2O2. The molecule has 1 aromatic rings. The van der Waals surface area contributed by atoms with E-state index in [4.69, 9.17) is 4.74 Å². The number of para-hydroxylation sites is 1. The zero-order valence-electron chi connectivity index (χ0n) is 12.3. The third-order valence-corrected chi connectivity index (χ3v) is 3.62. The number of anilines is 1. The molecule has 1 amide bonds. The maximum atomic E-state index is 12.4. The molecule has 0 spiro atoms. The number of hydrogen-bond donors (Lipinski definition) is 2. The van der Waals surface area contributed by atoms with Crippen LogP contribution in [-0.4, -0.2) is 31.2 Å². The molecule has 1 fully saturated rings. The largest absolute Gasteiger partial charge is 0.384 e. The zero-order chi connectivity index (χ0) is 14.4. The van der Waals surface area contributed by atoms with Gasteiger partial charge in [-0.3, -0.25) is 4.79 Å². The van der Waals surface area contributed by atoms with E-state index in [-0.39, 0.29) is 18.1 Å². The second kappa shape index (κ2) is 7.29. The molecule has 1 heterocycles. The Morgan fingerprint density at radius 1 is 1.45 bits per heavy atom. The number of rotatable bonds is 6. The van der Waals surface area contributed by atoms with Gasteiger partial charge in [0.15, 0.2) is 0 Å². The Balaban J connectivity index is 2.00. The second-order valence-corrected chi connectivity index (χ2v) is 5.29. The van der Waals surface area contributed by atoms with Crippen molar-refractivity contribution in [2.75, 3.05) is 18.5 Å². The van der Waals surface area contributed by atoms with Crippen molar-refractivity contribution in [1.82, 2.24) is 5.32 Å². The summed E-state index contributed by atoms with van der Waals surface area (Å²) in [5, 5.41) is 6.35. The minimum Gasteiger partial charge on any atom is -0.384 e. The van der Waals surface area contributed by atoms with E-state index in [1.807, 2.05) is 31.2 Å². The van der Waals surface area contributed by atoms with Gasteiger partial charge in [-0.1, -0.05) is 19.1 Å². The summed E-state index contributed by atoms with van der Waals surface area (Å²) in [6, 6.07) is 7.68. The van der Waals surface area contributed by atoms with E-state index >= 15 is 0 Å². The van der Waals surface area contributed by atoms with Gasteiger partial charge in [0, 0.05) is 18.8 Å². The van der Waals surface area contributed by atoms with Crippen LogP contribution in [0, 0.1) is 0 Å². The van der Waals surface area contributed by atoms with Crippen LogP contribution in [0.5, 0.6) is 0 Å². The van der Waals surface area contributed by atoms with E-state index in [1.54, 1.807) is 0 Å². The third kappa shape index (κ3) is 3.73. The number of amides is 1. The Kier molecular flexibility index (Phi) is 5.41. The normalized spacial score (nSPS) is 19.6. The van der Waals surface area contributed by atoms with Crippen molar-refractivity contribution < 1.29 is 9.53 Å². The summed E-state index contributed by atoms with van der Waals surface area (Å²) in [6.07, 6.45) is 3.29. The van der Waals surface area contributed by atoms with E-state index in [2.05, 4.69) is 17.6 Å². The van der Waals surface area contributed by atoms with Crippen LogP contribution in [0.2, 0.25) is 0 Å². The summed E-state index contributed by atoms with van der Waals surface area (Å²) in [5.41, 5.74) is 1.59. The summed E-state index contributed by atoms with van der Waals surface area (Å²) in [4.78, 5) is 12.4.